The first-order chi connectivity index (χ1) is 29.1. The van der Waals surface area contributed by atoms with Crippen LogP contribution in [0.25, 0.3) is 0 Å². The Hall–Kier alpha value is -2.45. The van der Waals surface area contributed by atoms with E-state index in [0.717, 1.165) is 51.4 Å². The molecule has 0 amide bonds. The number of nitrogens with zero attached hydrogens (tertiary/aromatic N) is 1. The highest BCUT2D eigenvalue weighted by molar-refractivity contribution is 5.72. The maximum absolute atomic E-state index is 12.8. The van der Waals surface area contributed by atoms with Crippen molar-refractivity contribution in [3.63, 3.8) is 0 Å². The normalized spacial score (nSPS) is 13.2. The second kappa shape index (κ2) is 43.2. The summed E-state index contributed by atoms with van der Waals surface area (Å²) < 4.78 is 17.3. The second-order valence-corrected chi connectivity index (χ2v) is 18.1. The number of unbranched alkanes of at least 4 members (excludes halogenated alkanes) is 25. The van der Waals surface area contributed by atoms with Gasteiger partial charge in [0.15, 0.2) is 12.1 Å². The van der Waals surface area contributed by atoms with E-state index in [0.29, 0.717) is 19.3 Å². The molecule has 0 aliphatic heterocycles. The molecule has 0 aromatic rings. The fourth-order valence-corrected chi connectivity index (χ4v) is 7.35. The van der Waals surface area contributed by atoms with Gasteiger partial charge in [0, 0.05) is 19.3 Å². The van der Waals surface area contributed by atoms with Crippen molar-refractivity contribution in [2.75, 3.05) is 41.0 Å². The molecule has 0 aromatic carbocycles. The third-order valence-corrected chi connectivity index (χ3v) is 11.3. The number of allylic oxidation sites excluding steroid dienone is 6. The largest absolute Gasteiger partial charge is 0.477 e. The SMILES string of the molecule is CCCCC/C=C/C/C=C/CCCCCCCCCC(=O)OCC(COCCC(C(=O)O)[N+](C)(C)C)OC(=O)CCCCCCCCC/C=C/CCCCCCCCCC. The van der Waals surface area contributed by atoms with Crippen LogP contribution in [0, 0.1) is 0 Å². The van der Waals surface area contributed by atoms with E-state index in [1.807, 2.05) is 21.1 Å². The van der Waals surface area contributed by atoms with Crippen LogP contribution < -0.4 is 0 Å². The van der Waals surface area contributed by atoms with Crippen LogP contribution in [0.1, 0.15) is 226 Å². The Morgan fingerprint density at radius 3 is 1.33 bits per heavy atom. The maximum atomic E-state index is 12.8. The molecular formula is C52H96NO7+. The summed E-state index contributed by atoms with van der Waals surface area (Å²) >= 11 is 0. The Labute approximate surface area is 370 Å². The summed E-state index contributed by atoms with van der Waals surface area (Å²) in [6.45, 7) is 4.72. The van der Waals surface area contributed by atoms with Gasteiger partial charge >= 0.3 is 17.9 Å². The van der Waals surface area contributed by atoms with Crippen LogP contribution in [0.15, 0.2) is 36.5 Å². The fourth-order valence-electron chi connectivity index (χ4n) is 7.35. The van der Waals surface area contributed by atoms with Gasteiger partial charge in [-0.05, 0) is 70.6 Å². The summed E-state index contributed by atoms with van der Waals surface area (Å²) in [5.74, 6) is -1.47. The molecular weight excluding hydrogens is 751 g/mol. The molecule has 0 spiro atoms. The molecule has 0 fully saturated rings. The molecule has 0 saturated heterocycles. The minimum atomic E-state index is -0.875. The van der Waals surface area contributed by atoms with Crippen LogP contribution in [0.4, 0.5) is 0 Å². The zero-order valence-electron chi connectivity index (χ0n) is 39.9. The summed E-state index contributed by atoms with van der Waals surface area (Å²) in [6, 6.07) is -0.616. The molecule has 60 heavy (non-hydrogen) atoms. The molecule has 0 aliphatic carbocycles. The Morgan fingerprint density at radius 2 is 0.883 bits per heavy atom. The van der Waals surface area contributed by atoms with Gasteiger partial charge in [0.25, 0.3) is 0 Å². The molecule has 0 heterocycles. The van der Waals surface area contributed by atoms with Gasteiger partial charge in [-0.15, -0.1) is 0 Å². The number of carboxylic acids is 1. The first-order valence-electron chi connectivity index (χ1n) is 25.0. The van der Waals surface area contributed by atoms with Gasteiger partial charge in [0.1, 0.15) is 6.61 Å². The van der Waals surface area contributed by atoms with Crippen molar-refractivity contribution in [2.24, 2.45) is 0 Å². The average molecular weight is 847 g/mol. The molecule has 0 aliphatic rings. The number of hydrogen-bond acceptors (Lipinski definition) is 6. The molecule has 8 nitrogen and oxygen atoms in total. The van der Waals surface area contributed by atoms with Gasteiger partial charge < -0.3 is 23.8 Å². The zero-order chi connectivity index (χ0) is 44.2. The van der Waals surface area contributed by atoms with Crippen LogP contribution in [0.5, 0.6) is 0 Å². The van der Waals surface area contributed by atoms with E-state index in [4.69, 9.17) is 14.2 Å². The van der Waals surface area contributed by atoms with E-state index in [1.54, 1.807) is 0 Å². The van der Waals surface area contributed by atoms with Crippen LogP contribution in [0.2, 0.25) is 0 Å². The Bertz CT molecular complexity index is 1080. The standard InChI is InChI=1S/C52H95NO7/c1-6-8-10-12-14-16-18-20-22-24-25-27-29-31-33-35-37-39-41-43-51(55)60-48(46-58-45-44-49(52(56)57)53(3,4)5)47-59-50(54)42-40-38-36-34-32-30-28-26-23-21-19-17-15-13-11-9-7-2/h15,17,21,23-25,48-49H,6-14,16,18-20,22,26-47H2,1-5H3/p+1/b17-15+,23-21+,25-24+. The monoisotopic (exact) mass is 847 g/mol. The minimum Gasteiger partial charge on any atom is -0.477 e. The number of hydrogen-bond donors (Lipinski definition) is 1. The number of aliphatic carboxylic acids is 1. The second-order valence-electron chi connectivity index (χ2n) is 18.1. The van der Waals surface area contributed by atoms with Gasteiger partial charge in [-0.25, -0.2) is 4.79 Å². The minimum absolute atomic E-state index is 0.0552. The highest BCUT2D eigenvalue weighted by Gasteiger charge is 2.31. The van der Waals surface area contributed by atoms with Gasteiger partial charge in [0.05, 0.1) is 34.4 Å². The molecule has 350 valence electrons. The fraction of sp³-hybridized carbons (Fsp3) is 0.827. The van der Waals surface area contributed by atoms with Crippen molar-refractivity contribution in [3.8, 4) is 0 Å². The predicted molar refractivity (Wildman–Crippen MR) is 252 cm³/mol. The predicted octanol–water partition coefficient (Wildman–Crippen LogP) is 14.2. The summed E-state index contributed by atoms with van der Waals surface area (Å²) in [5, 5.41) is 9.64. The number of esters is 2. The maximum Gasteiger partial charge on any atom is 0.362 e. The van der Waals surface area contributed by atoms with Gasteiger partial charge in [-0.2, -0.15) is 0 Å². The van der Waals surface area contributed by atoms with Gasteiger partial charge in [-0.3, -0.25) is 9.59 Å². The number of carbonyl (C=O) groups is 3. The van der Waals surface area contributed by atoms with E-state index >= 15 is 0 Å². The highest BCUT2D eigenvalue weighted by Crippen LogP contribution is 2.15. The van der Waals surface area contributed by atoms with Crippen molar-refractivity contribution in [2.45, 2.75) is 238 Å². The molecule has 8 heteroatoms. The lowest BCUT2D eigenvalue weighted by molar-refractivity contribution is -0.887. The molecule has 0 aromatic heterocycles. The lowest BCUT2D eigenvalue weighted by Crippen LogP contribution is -2.50. The molecule has 0 bridgehead atoms. The van der Waals surface area contributed by atoms with Crippen LogP contribution in [-0.4, -0.2) is 80.6 Å². The van der Waals surface area contributed by atoms with E-state index in [-0.39, 0.29) is 36.2 Å². The lowest BCUT2D eigenvalue weighted by atomic mass is 10.1. The molecule has 0 radical (unpaired) electrons. The molecule has 1 N–H and O–H groups in total. The number of carboxylic acid groups (broad SMARTS) is 1. The number of ether oxygens (including phenoxy) is 3. The van der Waals surface area contributed by atoms with Crippen LogP contribution in [0.3, 0.4) is 0 Å². The highest BCUT2D eigenvalue weighted by atomic mass is 16.6. The molecule has 0 saturated carbocycles. The zero-order valence-corrected chi connectivity index (χ0v) is 39.9. The number of rotatable bonds is 45. The summed E-state index contributed by atoms with van der Waals surface area (Å²) in [6.07, 6.45) is 50.4. The van der Waals surface area contributed by atoms with Crippen molar-refractivity contribution in [3.05, 3.63) is 36.5 Å². The third-order valence-electron chi connectivity index (χ3n) is 11.3. The lowest BCUT2D eigenvalue weighted by Gasteiger charge is -2.31. The summed E-state index contributed by atoms with van der Waals surface area (Å²) in [5.41, 5.74) is 0. The van der Waals surface area contributed by atoms with Crippen molar-refractivity contribution < 1.29 is 38.2 Å². The smallest absolute Gasteiger partial charge is 0.362 e. The number of carbonyl (C=O) groups excluding carboxylic acids is 2. The van der Waals surface area contributed by atoms with Crippen molar-refractivity contribution >= 4 is 17.9 Å². The molecule has 2 unspecified atom stereocenters. The van der Waals surface area contributed by atoms with Gasteiger partial charge in [0.2, 0.25) is 0 Å². The van der Waals surface area contributed by atoms with Gasteiger partial charge in [-0.1, -0.05) is 172 Å². The Kier molecular flexibility index (Phi) is 41.4. The Balaban J connectivity index is 4.28. The van der Waals surface area contributed by atoms with Crippen molar-refractivity contribution in [1.82, 2.24) is 0 Å². The quantitative estimate of drug-likeness (QED) is 0.0282. The average Bonchev–Trinajstić information content (AvgIpc) is 3.21. The first-order valence-corrected chi connectivity index (χ1v) is 25.0. The van der Waals surface area contributed by atoms with Crippen molar-refractivity contribution in [1.29, 1.82) is 0 Å². The van der Waals surface area contributed by atoms with Crippen LogP contribution >= 0.6 is 0 Å². The third kappa shape index (κ3) is 40.9. The van der Waals surface area contributed by atoms with E-state index in [9.17, 15) is 19.5 Å². The number of likely N-dealkylation sites (N-methyl/N-ethyl adjacent to an activating group) is 1. The topological polar surface area (TPSA) is 99.1 Å². The molecule has 0 rings (SSSR count). The first kappa shape index (κ1) is 57.5. The van der Waals surface area contributed by atoms with E-state index < -0.39 is 18.1 Å². The summed E-state index contributed by atoms with van der Waals surface area (Å²) in [7, 11) is 5.53. The van der Waals surface area contributed by atoms with E-state index in [1.165, 1.54) is 141 Å². The number of quaternary nitrogens is 1. The Morgan fingerprint density at radius 1 is 0.500 bits per heavy atom. The van der Waals surface area contributed by atoms with Crippen LogP contribution in [-0.2, 0) is 28.6 Å². The van der Waals surface area contributed by atoms with E-state index in [2.05, 4.69) is 50.3 Å². The molecule has 2 atom stereocenters. The summed E-state index contributed by atoms with van der Waals surface area (Å²) in [4.78, 5) is 37.1.